The van der Waals surface area contributed by atoms with Gasteiger partial charge in [-0.25, -0.2) is 14.4 Å². The highest BCUT2D eigenvalue weighted by molar-refractivity contribution is 6.33. The number of aliphatic hydroxyl groups excluding tert-OH is 1. The summed E-state index contributed by atoms with van der Waals surface area (Å²) in [7, 11) is 1.38. The molecule has 0 unspecified atom stereocenters. The summed E-state index contributed by atoms with van der Waals surface area (Å²) < 4.78 is 21.4. The van der Waals surface area contributed by atoms with E-state index in [1.807, 2.05) is 19.1 Å². The predicted octanol–water partition coefficient (Wildman–Crippen LogP) is 3.21. The highest BCUT2D eigenvalue weighted by atomic mass is 35.5. The number of nitrogens with zero attached hydrogens (tertiary/aromatic N) is 5. The van der Waals surface area contributed by atoms with Crippen molar-refractivity contribution in [2.75, 3.05) is 51.7 Å². The summed E-state index contributed by atoms with van der Waals surface area (Å²) in [5.74, 6) is -0.638. The van der Waals surface area contributed by atoms with Crippen LogP contribution in [0.1, 0.15) is 22.3 Å². The Hall–Kier alpha value is -4.79. The van der Waals surface area contributed by atoms with E-state index in [-0.39, 0.29) is 29.1 Å². The molecule has 2 amide bonds. The quantitative estimate of drug-likeness (QED) is 0.225. The van der Waals surface area contributed by atoms with Gasteiger partial charge in [0.25, 0.3) is 12.4 Å². The Morgan fingerprint density at radius 1 is 1.15 bits per heavy atom. The molecule has 47 heavy (non-hydrogen) atoms. The number of nitrogens with one attached hydrogen (secondary N) is 2. The van der Waals surface area contributed by atoms with Gasteiger partial charge < -0.3 is 35.4 Å². The number of aliphatic hydroxyl groups is 1. The maximum atomic E-state index is 14.6. The zero-order chi connectivity index (χ0) is 33.7. The summed E-state index contributed by atoms with van der Waals surface area (Å²) >= 11 is 6.32. The van der Waals surface area contributed by atoms with Crippen molar-refractivity contribution in [1.82, 2.24) is 29.5 Å². The van der Waals surface area contributed by atoms with E-state index in [9.17, 15) is 19.1 Å². The van der Waals surface area contributed by atoms with E-state index in [2.05, 4.69) is 20.6 Å². The van der Waals surface area contributed by atoms with E-state index in [0.717, 1.165) is 5.56 Å². The summed E-state index contributed by atoms with van der Waals surface area (Å²) in [6.45, 7) is 4.50. The van der Waals surface area contributed by atoms with Gasteiger partial charge in [0.05, 0.1) is 36.0 Å². The third-order valence-corrected chi connectivity index (χ3v) is 8.71. The standard InChI is InChI=1S/C31H33ClFN7O4.CH2O2/c1-18-15-19(3-4-20(18)30(42)38-11-13-39(14-12-38)31(43)22-7-8-34-17-24(22)41)37-28-29-36-16-23(40(29)10-9-35-28)21-5-6-25(44-2)27(33)26(21)32;2-1-3/h3-6,9-10,15-16,22,24,34,41H,7-8,11-14,17H2,1-2H3,(H,35,37);1H,(H,2,3)/t22-,24-;/m1./s1. The highest BCUT2D eigenvalue weighted by Gasteiger charge is 2.34. The number of halogens is 2. The first-order valence-corrected chi connectivity index (χ1v) is 15.3. The Kier molecular flexibility index (Phi) is 10.5. The molecule has 2 aliphatic rings. The number of carboxylic acid groups (broad SMARTS) is 1. The first kappa shape index (κ1) is 33.6. The van der Waals surface area contributed by atoms with Crippen LogP contribution in [0.3, 0.4) is 0 Å². The molecule has 2 aromatic carbocycles. The van der Waals surface area contributed by atoms with Crippen LogP contribution in [0.5, 0.6) is 5.75 Å². The monoisotopic (exact) mass is 667 g/mol. The molecule has 0 saturated carbocycles. The molecular weight excluding hydrogens is 633 g/mol. The van der Waals surface area contributed by atoms with Crippen molar-refractivity contribution < 1.29 is 33.7 Å². The van der Waals surface area contributed by atoms with Crippen LogP contribution in [0.2, 0.25) is 5.02 Å². The number of ether oxygens (including phenoxy) is 1. The number of rotatable bonds is 6. The number of hydrogen-bond acceptors (Lipinski definition) is 9. The first-order valence-electron chi connectivity index (χ1n) is 14.9. The number of fused-ring (bicyclic) bond motifs is 1. The number of carbonyl (C=O) groups excluding carboxylic acids is 2. The predicted molar refractivity (Wildman–Crippen MR) is 173 cm³/mol. The van der Waals surface area contributed by atoms with Crippen LogP contribution >= 0.6 is 11.6 Å². The number of carbonyl (C=O) groups is 3. The number of methoxy groups -OCH3 is 1. The lowest BCUT2D eigenvalue weighted by molar-refractivity contribution is -0.142. The van der Waals surface area contributed by atoms with Gasteiger partial charge >= 0.3 is 0 Å². The number of hydrogen-bond donors (Lipinski definition) is 4. The Morgan fingerprint density at radius 2 is 1.87 bits per heavy atom. The number of imidazole rings is 1. The molecule has 248 valence electrons. The van der Waals surface area contributed by atoms with Crippen molar-refractivity contribution in [3.8, 4) is 17.0 Å². The van der Waals surface area contributed by atoms with Gasteiger partial charge in [-0.3, -0.25) is 18.8 Å². The first-order chi connectivity index (χ1) is 22.7. The number of piperidine rings is 1. The van der Waals surface area contributed by atoms with E-state index in [1.165, 1.54) is 13.2 Å². The minimum absolute atomic E-state index is 0.0369. The second kappa shape index (κ2) is 14.8. The minimum atomic E-state index is -0.681. The number of anilines is 2. The van der Waals surface area contributed by atoms with Crippen LogP contribution < -0.4 is 15.4 Å². The van der Waals surface area contributed by atoms with Gasteiger partial charge in [0.1, 0.15) is 0 Å². The van der Waals surface area contributed by atoms with Crippen LogP contribution in [0.15, 0.2) is 48.9 Å². The molecule has 2 saturated heterocycles. The zero-order valence-corrected chi connectivity index (χ0v) is 26.6. The third-order valence-electron chi connectivity index (χ3n) is 8.34. The molecule has 2 aliphatic heterocycles. The molecule has 4 heterocycles. The average molecular weight is 668 g/mol. The summed E-state index contributed by atoms with van der Waals surface area (Å²) in [6, 6.07) is 8.65. The van der Waals surface area contributed by atoms with Crippen molar-refractivity contribution in [2.24, 2.45) is 5.92 Å². The van der Waals surface area contributed by atoms with E-state index < -0.39 is 17.8 Å². The molecule has 2 aromatic heterocycles. The van der Waals surface area contributed by atoms with Gasteiger partial charge in [-0.15, -0.1) is 0 Å². The number of piperazine rings is 1. The Morgan fingerprint density at radius 3 is 2.55 bits per heavy atom. The lowest BCUT2D eigenvalue weighted by atomic mass is 9.93. The van der Waals surface area contributed by atoms with Crippen LogP contribution in [-0.4, -0.2) is 105 Å². The van der Waals surface area contributed by atoms with Gasteiger partial charge in [-0.1, -0.05) is 11.6 Å². The zero-order valence-electron chi connectivity index (χ0n) is 25.8. The molecule has 13 nitrogen and oxygen atoms in total. The lowest BCUT2D eigenvalue weighted by Crippen LogP contribution is -2.55. The minimum Gasteiger partial charge on any atom is -0.494 e. The largest absolute Gasteiger partial charge is 0.494 e. The maximum Gasteiger partial charge on any atom is 0.290 e. The second-order valence-corrected chi connectivity index (χ2v) is 11.5. The Bertz CT molecular complexity index is 1780. The molecule has 2 fully saturated rings. The van der Waals surface area contributed by atoms with Crippen molar-refractivity contribution in [1.29, 1.82) is 0 Å². The molecular formula is C32H35ClFN7O6. The molecule has 0 radical (unpaired) electrons. The van der Waals surface area contributed by atoms with Crippen molar-refractivity contribution in [2.45, 2.75) is 19.4 Å². The topological polar surface area (TPSA) is 162 Å². The fraction of sp³-hybridized carbons (Fsp3) is 0.344. The molecule has 4 aromatic rings. The maximum absolute atomic E-state index is 14.6. The SMILES string of the molecule is COc1ccc(-c2cnc3c(Nc4ccc(C(=O)N5CCN(C(=O)[C@@H]6CCNC[C@H]6O)CC5)c(C)c4)nccn23)c(Cl)c1F.O=CO. The number of aryl methyl sites for hydroxylation is 1. The molecule has 15 heteroatoms. The number of benzene rings is 2. The molecule has 0 bridgehead atoms. The van der Waals surface area contributed by atoms with Crippen LogP contribution in [-0.2, 0) is 9.59 Å². The van der Waals surface area contributed by atoms with Gasteiger partial charge in [0.2, 0.25) is 5.91 Å². The summed E-state index contributed by atoms with van der Waals surface area (Å²) in [4.78, 5) is 47.2. The lowest BCUT2D eigenvalue weighted by Gasteiger charge is -2.38. The van der Waals surface area contributed by atoms with Crippen molar-refractivity contribution >= 4 is 47.0 Å². The molecule has 2 atom stereocenters. The molecule has 6 rings (SSSR count). The van der Waals surface area contributed by atoms with E-state index >= 15 is 0 Å². The van der Waals surface area contributed by atoms with Crippen LogP contribution in [0.4, 0.5) is 15.9 Å². The molecule has 0 aliphatic carbocycles. The highest BCUT2D eigenvalue weighted by Crippen LogP contribution is 2.36. The Labute approximate surface area is 274 Å². The average Bonchev–Trinajstić information content (AvgIpc) is 3.51. The van der Waals surface area contributed by atoms with Crippen molar-refractivity contribution in [3.63, 3.8) is 0 Å². The van der Waals surface area contributed by atoms with Gasteiger partial charge in [-0.05, 0) is 55.8 Å². The van der Waals surface area contributed by atoms with E-state index in [0.29, 0.717) is 79.7 Å². The van der Waals surface area contributed by atoms with E-state index in [4.69, 9.17) is 26.2 Å². The summed E-state index contributed by atoms with van der Waals surface area (Å²) in [5.41, 5.74) is 3.64. The summed E-state index contributed by atoms with van der Waals surface area (Å²) in [6.07, 6.45) is 4.86. The number of β-amino-alcohol motifs (C(OH)–C–C–N with tert-alkyl or cyclic N) is 1. The number of amides is 2. The van der Waals surface area contributed by atoms with Gasteiger partial charge in [0.15, 0.2) is 23.0 Å². The fourth-order valence-corrected chi connectivity index (χ4v) is 6.13. The van der Waals surface area contributed by atoms with Gasteiger partial charge in [-0.2, -0.15) is 0 Å². The second-order valence-electron chi connectivity index (χ2n) is 11.1. The van der Waals surface area contributed by atoms with E-state index in [1.54, 1.807) is 44.9 Å². The Balaban J connectivity index is 0.00000139. The van der Waals surface area contributed by atoms with Crippen LogP contribution in [0, 0.1) is 18.7 Å². The molecule has 0 spiro atoms. The molecule has 4 N–H and O–H groups in total. The normalized spacial score (nSPS) is 17.9. The third kappa shape index (κ3) is 6.99. The fourth-order valence-electron chi connectivity index (χ4n) is 5.88. The number of aromatic nitrogens is 3. The van der Waals surface area contributed by atoms with Crippen molar-refractivity contribution in [3.05, 3.63) is 70.9 Å². The smallest absolute Gasteiger partial charge is 0.290 e. The summed E-state index contributed by atoms with van der Waals surface area (Å²) in [5, 5.41) is 23.4. The van der Waals surface area contributed by atoms with Crippen LogP contribution in [0.25, 0.3) is 16.9 Å². The van der Waals surface area contributed by atoms with Gasteiger partial charge in [0, 0.05) is 61.9 Å².